The molecule has 0 aliphatic heterocycles. The van der Waals surface area contributed by atoms with Crippen LogP contribution in [-0.2, 0) is 0 Å². The first-order valence-electron chi connectivity index (χ1n) is 7.17. The minimum Gasteiger partial charge on any atom is -0.368 e. The molecule has 0 unspecified atom stereocenters. The Bertz CT molecular complexity index is 1010. The summed E-state index contributed by atoms with van der Waals surface area (Å²) in [7, 11) is 1.95. The second-order valence-electron chi connectivity index (χ2n) is 5.31. The van der Waals surface area contributed by atoms with Crippen LogP contribution in [0, 0.1) is 0 Å². The first-order chi connectivity index (χ1) is 11.1. The second kappa shape index (κ2) is 5.14. The molecule has 0 atom stereocenters. The van der Waals surface area contributed by atoms with Crippen molar-refractivity contribution in [1.29, 1.82) is 0 Å². The van der Waals surface area contributed by atoms with E-state index in [4.69, 9.17) is 17.3 Å². The number of nitrogens with zero attached hydrogens (tertiary/aromatic N) is 3. The fourth-order valence-electron chi connectivity index (χ4n) is 2.81. The molecule has 2 aromatic heterocycles. The lowest BCUT2D eigenvalue weighted by Gasteiger charge is -2.19. The van der Waals surface area contributed by atoms with E-state index in [1.807, 2.05) is 60.5 Å². The fourth-order valence-corrected chi connectivity index (χ4v) is 3.08. The second-order valence-corrected chi connectivity index (χ2v) is 5.72. The summed E-state index contributed by atoms with van der Waals surface area (Å²) in [5.74, 6) is 0.941. The molecule has 0 aliphatic carbocycles. The Morgan fingerprint density at radius 3 is 2.57 bits per heavy atom. The molecule has 23 heavy (non-hydrogen) atoms. The van der Waals surface area contributed by atoms with E-state index >= 15 is 0 Å². The number of hydrogen-bond donors (Lipinski definition) is 2. The van der Waals surface area contributed by atoms with Crippen molar-refractivity contribution in [3.63, 3.8) is 0 Å². The highest BCUT2D eigenvalue weighted by Gasteiger charge is 2.18. The van der Waals surface area contributed by atoms with Gasteiger partial charge >= 0.3 is 0 Å². The number of fused-ring (bicyclic) bond motifs is 3. The van der Waals surface area contributed by atoms with Gasteiger partial charge in [-0.1, -0.05) is 35.9 Å². The van der Waals surface area contributed by atoms with Crippen LogP contribution in [0.5, 0.6) is 0 Å². The first kappa shape index (κ1) is 13.8. The molecule has 0 spiro atoms. The third kappa shape index (κ3) is 2.17. The molecule has 6 heteroatoms. The molecule has 2 aromatic carbocycles. The van der Waals surface area contributed by atoms with Gasteiger partial charge in [0.1, 0.15) is 11.5 Å². The van der Waals surface area contributed by atoms with Gasteiger partial charge in [-0.3, -0.25) is 0 Å². The van der Waals surface area contributed by atoms with Crippen LogP contribution < -0.4 is 10.6 Å². The van der Waals surface area contributed by atoms with E-state index in [-0.39, 0.29) is 5.95 Å². The van der Waals surface area contributed by atoms with E-state index in [1.165, 1.54) is 0 Å². The quantitative estimate of drug-likeness (QED) is 0.582. The molecule has 2 heterocycles. The van der Waals surface area contributed by atoms with E-state index in [1.54, 1.807) is 0 Å². The van der Waals surface area contributed by atoms with Crippen molar-refractivity contribution in [3.8, 4) is 0 Å². The Morgan fingerprint density at radius 1 is 1.00 bits per heavy atom. The molecule has 0 bridgehead atoms. The van der Waals surface area contributed by atoms with Gasteiger partial charge in [-0.15, -0.1) is 0 Å². The molecular formula is C17H14ClN5. The van der Waals surface area contributed by atoms with Crippen LogP contribution in [-0.4, -0.2) is 22.0 Å². The summed E-state index contributed by atoms with van der Waals surface area (Å²) in [6, 6.07) is 15.7. The lowest BCUT2D eigenvalue weighted by molar-refractivity contribution is 1.12. The third-order valence-electron chi connectivity index (χ3n) is 3.89. The number of anilines is 3. The Morgan fingerprint density at radius 2 is 1.78 bits per heavy atom. The van der Waals surface area contributed by atoms with Gasteiger partial charge in [0, 0.05) is 23.6 Å². The van der Waals surface area contributed by atoms with Gasteiger partial charge < -0.3 is 15.6 Å². The van der Waals surface area contributed by atoms with Crippen LogP contribution in [0.3, 0.4) is 0 Å². The number of halogens is 1. The number of para-hydroxylation sites is 1. The van der Waals surface area contributed by atoms with Crippen molar-refractivity contribution in [2.45, 2.75) is 0 Å². The average molecular weight is 324 g/mol. The maximum absolute atomic E-state index is 6.41. The summed E-state index contributed by atoms with van der Waals surface area (Å²) in [5.41, 5.74) is 8.50. The largest absolute Gasteiger partial charge is 0.368 e. The van der Waals surface area contributed by atoms with Crippen LogP contribution in [0.25, 0.3) is 21.9 Å². The molecule has 0 fully saturated rings. The molecule has 0 saturated heterocycles. The Labute approximate surface area is 137 Å². The SMILES string of the molecule is CN(c1ccccc1)c1nc(N)nc2[nH]c3cccc(Cl)c3c12. The monoisotopic (exact) mass is 323 g/mol. The topological polar surface area (TPSA) is 70.8 Å². The van der Waals surface area contributed by atoms with Crippen molar-refractivity contribution >= 4 is 51.0 Å². The highest BCUT2D eigenvalue weighted by Crippen LogP contribution is 2.37. The van der Waals surface area contributed by atoms with Crippen LogP contribution in [0.1, 0.15) is 0 Å². The van der Waals surface area contributed by atoms with Crippen molar-refractivity contribution in [1.82, 2.24) is 15.0 Å². The zero-order valence-corrected chi connectivity index (χ0v) is 13.2. The number of H-pyrrole nitrogens is 1. The minimum absolute atomic E-state index is 0.220. The third-order valence-corrected chi connectivity index (χ3v) is 4.20. The van der Waals surface area contributed by atoms with Gasteiger partial charge in [0.15, 0.2) is 0 Å². The number of hydrogen-bond acceptors (Lipinski definition) is 4. The number of nitrogens with two attached hydrogens (primary N) is 1. The van der Waals surface area contributed by atoms with Gasteiger partial charge in [-0.2, -0.15) is 9.97 Å². The lowest BCUT2D eigenvalue weighted by atomic mass is 10.2. The first-order valence-corrected chi connectivity index (χ1v) is 7.55. The van der Waals surface area contributed by atoms with Crippen molar-refractivity contribution in [2.24, 2.45) is 0 Å². The predicted molar refractivity (Wildman–Crippen MR) is 95.3 cm³/mol. The van der Waals surface area contributed by atoms with Crippen LogP contribution >= 0.6 is 11.6 Å². The molecule has 0 saturated carbocycles. The van der Waals surface area contributed by atoms with Crippen molar-refractivity contribution < 1.29 is 0 Å². The zero-order chi connectivity index (χ0) is 16.0. The highest BCUT2D eigenvalue weighted by atomic mass is 35.5. The minimum atomic E-state index is 0.220. The zero-order valence-electron chi connectivity index (χ0n) is 12.4. The Hall–Kier alpha value is -2.79. The predicted octanol–water partition coefficient (Wildman–Crippen LogP) is 4.11. The van der Waals surface area contributed by atoms with Crippen LogP contribution in [0.15, 0.2) is 48.5 Å². The number of benzene rings is 2. The molecule has 114 valence electrons. The van der Waals surface area contributed by atoms with Gasteiger partial charge in [0.2, 0.25) is 5.95 Å². The number of aromatic nitrogens is 3. The fraction of sp³-hybridized carbons (Fsp3) is 0.0588. The van der Waals surface area contributed by atoms with E-state index in [2.05, 4.69) is 15.0 Å². The molecule has 5 nitrogen and oxygen atoms in total. The summed E-state index contributed by atoms with van der Waals surface area (Å²) in [6.07, 6.45) is 0. The number of nitrogens with one attached hydrogen (secondary N) is 1. The molecule has 0 amide bonds. The van der Waals surface area contributed by atoms with E-state index < -0.39 is 0 Å². The normalized spacial score (nSPS) is 11.2. The van der Waals surface area contributed by atoms with Gasteiger partial charge in [-0.05, 0) is 24.3 Å². The van der Waals surface area contributed by atoms with Gasteiger partial charge in [0.25, 0.3) is 0 Å². The molecule has 4 aromatic rings. The standard InChI is InChI=1S/C17H14ClN5/c1-23(10-6-3-2-4-7-10)16-14-13-11(18)8-5-9-12(13)20-15(14)21-17(19)22-16/h2-9H,1H3,(H3,19,20,21,22). The van der Waals surface area contributed by atoms with E-state index in [0.717, 1.165) is 27.8 Å². The number of aromatic amines is 1. The van der Waals surface area contributed by atoms with Crippen LogP contribution in [0.4, 0.5) is 17.5 Å². The molecule has 0 radical (unpaired) electrons. The van der Waals surface area contributed by atoms with Gasteiger partial charge in [0.05, 0.1) is 10.4 Å². The van der Waals surface area contributed by atoms with Crippen molar-refractivity contribution in [2.75, 3.05) is 17.7 Å². The van der Waals surface area contributed by atoms with Crippen LogP contribution in [0.2, 0.25) is 5.02 Å². The maximum atomic E-state index is 6.41. The van der Waals surface area contributed by atoms with Gasteiger partial charge in [-0.25, -0.2) is 0 Å². The van der Waals surface area contributed by atoms with Crippen molar-refractivity contribution in [3.05, 3.63) is 53.6 Å². The smallest absolute Gasteiger partial charge is 0.224 e. The maximum Gasteiger partial charge on any atom is 0.224 e. The molecule has 3 N–H and O–H groups in total. The van der Waals surface area contributed by atoms with E-state index in [0.29, 0.717) is 10.7 Å². The average Bonchev–Trinajstić information content (AvgIpc) is 2.93. The number of nitrogen functional groups attached to an aromatic ring is 1. The summed E-state index contributed by atoms with van der Waals surface area (Å²) in [4.78, 5) is 14.0. The highest BCUT2D eigenvalue weighted by molar-refractivity contribution is 6.38. The molecule has 4 rings (SSSR count). The summed E-state index contributed by atoms with van der Waals surface area (Å²) in [6.45, 7) is 0. The Kier molecular flexibility index (Phi) is 3.09. The van der Waals surface area contributed by atoms with E-state index in [9.17, 15) is 0 Å². The summed E-state index contributed by atoms with van der Waals surface area (Å²) < 4.78 is 0. The lowest BCUT2D eigenvalue weighted by Crippen LogP contribution is -2.13. The summed E-state index contributed by atoms with van der Waals surface area (Å²) in [5, 5.41) is 2.43. The molecular weight excluding hydrogens is 310 g/mol. The molecule has 0 aliphatic rings. The number of rotatable bonds is 2. The Balaban J connectivity index is 2.07. The summed E-state index contributed by atoms with van der Waals surface area (Å²) >= 11 is 6.41.